The Hall–Kier alpha value is -0.770. The van der Waals surface area contributed by atoms with Gasteiger partial charge in [0.1, 0.15) is 0 Å². The van der Waals surface area contributed by atoms with Crippen LogP contribution in [0.15, 0.2) is 0 Å². The van der Waals surface area contributed by atoms with Gasteiger partial charge in [-0.25, -0.2) is 9.80 Å². The summed E-state index contributed by atoms with van der Waals surface area (Å²) in [7, 11) is 0. The smallest absolute Gasteiger partial charge is 0.329 e. The molecule has 4 nitrogen and oxygen atoms in total. The van der Waals surface area contributed by atoms with Crippen molar-refractivity contribution in [1.29, 1.82) is 0 Å². The number of hydrazine groups is 1. The van der Waals surface area contributed by atoms with Crippen molar-refractivity contribution in [1.82, 2.24) is 15.8 Å². The van der Waals surface area contributed by atoms with Crippen molar-refractivity contribution in [2.75, 3.05) is 19.6 Å². The van der Waals surface area contributed by atoms with Crippen molar-refractivity contribution < 1.29 is 4.79 Å². The summed E-state index contributed by atoms with van der Waals surface area (Å²) in [6.45, 7) is 4.76. The lowest BCUT2D eigenvalue weighted by Gasteiger charge is -2.26. The second-order valence-corrected chi connectivity index (χ2v) is 3.42. The fraction of sp³-hybridized carbons (Fsp3) is 0.889. The molecule has 4 heteroatoms. The Kier molecular flexibility index (Phi) is 4.60. The van der Waals surface area contributed by atoms with E-state index in [-0.39, 0.29) is 6.03 Å². The number of hydrogen-bond donors (Lipinski definition) is 2. The fourth-order valence-electron chi connectivity index (χ4n) is 1.43. The molecule has 1 fully saturated rings. The second-order valence-electron chi connectivity index (χ2n) is 3.42. The van der Waals surface area contributed by atoms with Crippen LogP contribution in [-0.2, 0) is 0 Å². The van der Waals surface area contributed by atoms with Gasteiger partial charge >= 0.3 is 6.03 Å². The first-order valence-corrected chi connectivity index (χ1v) is 5.12. The van der Waals surface area contributed by atoms with E-state index in [1.54, 1.807) is 0 Å². The van der Waals surface area contributed by atoms with E-state index in [0.29, 0.717) is 0 Å². The highest BCUT2D eigenvalue weighted by Crippen LogP contribution is 2.05. The minimum Gasteiger partial charge on any atom is -0.337 e. The molecule has 1 rings (SSSR count). The molecule has 0 bridgehead atoms. The van der Waals surface area contributed by atoms with Gasteiger partial charge in [0, 0.05) is 19.6 Å². The summed E-state index contributed by atoms with van der Waals surface area (Å²) in [6, 6.07) is -0.0660. The Morgan fingerprint density at radius 3 is 2.62 bits per heavy atom. The monoisotopic (exact) mass is 185 g/mol. The van der Waals surface area contributed by atoms with E-state index in [1.165, 1.54) is 19.3 Å². The maximum atomic E-state index is 11.2. The van der Waals surface area contributed by atoms with Gasteiger partial charge in [-0.3, -0.25) is 5.43 Å². The summed E-state index contributed by atoms with van der Waals surface area (Å²) in [6.07, 6.45) is 4.64. The lowest BCUT2D eigenvalue weighted by atomic mass is 10.2. The Balaban J connectivity index is 2.11. The summed E-state index contributed by atoms with van der Waals surface area (Å²) in [5.41, 5.74) is 2.84. The van der Waals surface area contributed by atoms with E-state index in [9.17, 15) is 4.79 Å². The van der Waals surface area contributed by atoms with Crippen molar-refractivity contribution in [3.8, 4) is 0 Å². The average molecular weight is 185 g/mol. The number of urea groups is 1. The number of piperidine rings is 1. The molecule has 1 aliphatic rings. The highest BCUT2D eigenvalue weighted by molar-refractivity contribution is 5.73. The first-order chi connectivity index (χ1) is 6.33. The molecule has 1 aliphatic heterocycles. The van der Waals surface area contributed by atoms with Crippen LogP contribution < -0.4 is 10.7 Å². The van der Waals surface area contributed by atoms with E-state index in [0.717, 1.165) is 26.1 Å². The average Bonchev–Trinajstić information content (AvgIpc) is 2.16. The molecule has 76 valence electrons. The molecule has 1 saturated heterocycles. The van der Waals surface area contributed by atoms with Crippen LogP contribution in [0.2, 0.25) is 0 Å². The number of rotatable bonds is 3. The minimum atomic E-state index is -0.0660. The molecule has 2 amide bonds. The number of carbonyl (C=O) groups is 1. The van der Waals surface area contributed by atoms with Gasteiger partial charge in [-0.15, -0.1) is 0 Å². The zero-order chi connectivity index (χ0) is 9.52. The fourth-order valence-corrected chi connectivity index (χ4v) is 1.43. The zero-order valence-electron chi connectivity index (χ0n) is 8.31. The molecular weight excluding hydrogens is 166 g/mol. The number of nitrogens with zero attached hydrogens (tertiary/aromatic N) is 1. The molecule has 0 aliphatic carbocycles. The third-order valence-electron chi connectivity index (χ3n) is 2.15. The highest BCUT2D eigenvalue weighted by atomic mass is 16.2. The molecule has 0 atom stereocenters. The predicted octanol–water partition coefficient (Wildman–Crippen LogP) is 1.10. The summed E-state index contributed by atoms with van der Waals surface area (Å²) < 4.78 is 0. The van der Waals surface area contributed by atoms with Gasteiger partial charge in [0.2, 0.25) is 0 Å². The van der Waals surface area contributed by atoms with Crippen LogP contribution in [0.5, 0.6) is 0 Å². The molecule has 0 spiro atoms. The van der Waals surface area contributed by atoms with Crippen LogP contribution in [0.4, 0.5) is 4.79 Å². The van der Waals surface area contributed by atoms with Crippen LogP contribution in [0.25, 0.3) is 0 Å². The van der Waals surface area contributed by atoms with Gasteiger partial charge in [0.15, 0.2) is 0 Å². The Labute approximate surface area is 79.6 Å². The number of carbonyl (C=O) groups excluding carboxylic acids is 1. The summed E-state index contributed by atoms with van der Waals surface area (Å²) in [4.78, 5) is 11.2. The first-order valence-electron chi connectivity index (χ1n) is 5.12. The molecule has 0 saturated carbocycles. The number of hydrogen-bond acceptors (Lipinski definition) is 2. The first kappa shape index (κ1) is 10.3. The SMILES string of the molecule is CCCNC(=O)NN1CCCCC1. The van der Waals surface area contributed by atoms with Crippen molar-refractivity contribution in [3.05, 3.63) is 0 Å². The van der Waals surface area contributed by atoms with Crippen molar-refractivity contribution in [2.45, 2.75) is 32.6 Å². The summed E-state index contributed by atoms with van der Waals surface area (Å²) >= 11 is 0. The van der Waals surface area contributed by atoms with Gasteiger partial charge in [-0.05, 0) is 19.3 Å². The van der Waals surface area contributed by atoms with Crippen molar-refractivity contribution in [2.24, 2.45) is 0 Å². The van der Waals surface area contributed by atoms with E-state index in [2.05, 4.69) is 10.7 Å². The van der Waals surface area contributed by atoms with E-state index < -0.39 is 0 Å². The van der Waals surface area contributed by atoms with Gasteiger partial charge in [0.25, 0.3) is 0 Å². The van der Waals surface area contributed by atoms with Gasteiger partial charge < -0.3 is 5.32 Å². The summed E-state index contributed by atoms with van der Waals surface area (Å²) in [5.74, 6) is 0. The Bertz CT molecular complexity index is 155. The van der Waals surface area contributed by atoms with Crippen LogP contribution >= 0.6 is 0 Å². The second kappa shape index (κ2) is 5.80. The maximum absolute atomic E-state index is 11.2. The van der Waals surface area contributed by atoms with E-state index in [4.69, 9.17) is 0 Å². The number of amides is 2. The largest absolute Gasteiger partial charge is 0.337 e. The van der Waals surface area contributed by atoms with Crippen molar-refractivity contribution >= 4 is 6.03 Å². The van der Waals surface area contributed by atoms with Gasteiger partial charge in [0.05, 0.1) is 0 Å². The van der Waals surface area contributed by atoms with Crippen LogP contribution in [0.3, 0.4) is 0 Å². The van der Waals surface area contributed by atoms with Crippen LogP contribution in [-0.4, -0.2) is 30.7 Å². The third-order valence-corrected chi connectivity index (χ3v) is 2.15. The lowest BCUT2D eigenvalue weighted by molar-refractivity contribution is 0.155. The zero-order valence-corrected chi connectivity index (χ0v) is 8.31. The minimum absolute atomic E-state index is 0.0660. The molecule has 0 radical (unpaired) electrons. The molecule has 0 aromatic carbocycles. The van der Waals surface area contributed by atoms with Crippen LogP contribution in [0.1, 0.15) is 32.6 Å². The summed E-state index contributed by atoms with van der Waals surface area (Å²) in [5, 5.41) is 4.78. The van der Waals surface area contributed by atoms with Crippen LogP contribution in [0, 0.1) is 0 Å². The molecule has 13 heavy (non-hydrogen) atoms. The predicted molar refractivity (Wildman–Crippen MR) is 52.2 cm³/mol. The molecule has 1 heterocycles. The lowest BCUT2D eigenvalue weighted by Crippen LogP contribution is -2.49. The molecule has 2 N–H and O–H groups in total. The topological polar surface area (TPSA) is 44.4 Å². The Morgan fingerprint density at radius 2 is 2.00 bits per heavy atom. The normalized spacial score (nSPS) is 18.2. The molecule has 0 unspecified atom stereocenters. The van der Waals surface area contributed by atoms with Gasteiger partial charge in [-0.2, -0.15) is 0 Å². The molecule has 0 aromatic heterocycles. The quantitative estimate of drug-likeness (QED) is 0.691. The Morgan fingerprint density at radius 1 is 1.31 bits per heavy atom. The van der Waals surface area contributed by atoms with Gasteiger partial charge in [-0.1, -0.05) is 13.3 Å². The highest BCUT2D eigenvalue weighted by Gasteiger charge is 2.11. The third kappa shape index (κ3) is 4.12. The molecular formula is C9H19N3O. The maximum Gasteiger partial charge on any atom is 0.329 e. The van der Waals surface area contributed by atoms with Crippen molar-refractivity contribution in [3.63, 3.8) is 0 Å². The standard InChI is InChI=1S/C9H19N3O/c1-2-6-10-9(13)11-12-7-4-3-5-8-12/h2-8H2,1H3,(H2,10,11,13). The van der Waals surface area contributed by atoms with E-state index >= 15 is 0 Å². The van der Waals surface area contributed by atoms with E-state index in [1.807, 2.05) is 11.9 Å². The number of nitrogens with one attached hydrogen (secondary N) is 2. The molecule has 0 aromatic rings.